The van der Waals surface area contributed by atoms with Gasteiger partial charge in [-0.05, 0) is 36.4 Å². The van der Waals surface area contributed by atoms with Crippen LogP contribution in [0.1, 0.15) is 0 Å². The van der Waals surface area contributed by atoms with Gasteiger partial charge in [-0.25, -0.2) is 9.18 Å². The van der Waals surface area contributed by atoms with E-state index in [-0.39, 0.29) is 24.3 Å². The molecule has 0 radical (unpaired) electrons. The van der Waals surface area contributed by atoms with Crippen LogP contribution < -0.4 is 10.2 Å². The summed E-state index contributed by atoms with van der Waals surface area (Å²) in [5.41, 5.74) is 1.20. The lowest BCUT2D eigenvalue weighted by Gasteiger charge is -2.18. The van der Waals surface area contributed by atoms with Crippen molar-refractivity contribution in [3.63, 3.8) is 0 Å². The van der Waals surface area contributed by atoms with E-state index in [1.165, 1.54) is 28.1 Å². The summed E-state index contributed by atoms with van der Waals surface area (Å²) < 4.78 is 13.0. The van der Waals surface area contributed by atoms with Gasteiger partial charge in [0, 0.05) is 25.0 Å². The third-order valence-electron chi connectivity index (χ3n) is 3.51. The molecule has 0 bridgehead atoms. The number of nitrogens with zero attached hydrogens (tertiary/aromatic N) is 3. The van der Waals surface area contributed by atoms with Crippen molar-refractivity contribution in [1.29, 1.82) is 0 Å². The lowest BCUT2D eigenvalue weighted by molar-refractivity contribution is -0.116. The van der Waals surface area contributed by atoms with Gasteiger partial charge < -0.3 is 10.2 Å². The molecular weight excluding hydrogens is 299 g/mol. The van der Waals surface area contributed by atoms with Crippen molar-refractivity contribution in [3.8, 4) is 0 Å². The standard InChI is InChI=1S/C16H15FN4O2/c17-12-3-5-14(6-4-12)21-9-8-20(16(21)23)11-15(22)19-13-2-1-7-18-10-13/h1-7,10H,8-9,11H2,(H,19,22). The molecule has 0 aliphatic carbocycles. The van der Waals surface area contributed by atoms with Gasteiger partial charge in [0.15, 0.2) is 0 Å². The van der Waals surface area contributed by atoms with Crippen molar-refractivity contribution in [1.82, 2.24) is 9.88 Å². The fourth-order valence-corrected chi connectivity index (χ4v) is 2.40. The highest BCUT2D eigenvalue weighted by Gasteiger charge is 2.30. The van der Waals surface area contributed by atoms with Gasteiger partial charge in [-0.2, -0.15) is 0 Å². The molecule has 1 aromatic heterocycles. The molecule has 1 N–H and O–H groups in total. The second kappa shape index (κ2) is 6.43. The molecule has 23 heavy (non-hydrogen) atoms. The van der Waals surface area contributed by atoms with Gasteiger partial charge in [-0.1, -0.05) is 0 Å². The highest BCUT2D eigenvalue weighted by Crippen LogP contribution is 2.20. The van der Waals surface area contributed by atoms with Crippen LogP contribution in [-0.2, 0) is 4.79 Å². The average molecular weight is 314 g/mol. The van der Waals surface area contributed by atoms with Gasteiger partial charge in [-0.15, -0.1) is 0 Å². The lowest BCUT2D eigenvalue weighted by Crippen LogP contribution is -2.37. The lowest BCUT2D eigenvalue weighted by atomic mass is 10.3. The largest absolute Gasteiger partial charge is 0.325 e. The van der Waals surface area contributed by atoms with E-state index < -0.39 is 0 Å². The predicted molar refractivity (Wildman–Crippen MR) is 83.6 cm³/mol. The van der Waals surface area contributed by atoms with Gasteiger partial charge in [-0.3, -0.25) is 14.7 Å². The highest BCUT2D eigenvalue weighted by molar-refractivity contribution is 5.99. The number of halogens is 1. The molecule has 0 spiro atoms. The monoisotopic (exact) mass is 314 g/mol. The summed E-state index contributed by atoms with van der Waals surface area (Å²) in [6.45, 7) is 0.868. The smallest absolute Gasteiger partial charge is 0.323 e. The van der Waals surface area contributed by atoms with E-state index in [1.54, 1.807) is 30.5 Å². The number of amides is 3. The third kappa shape index (κ3) is 3.45. The Kier molecular flexibility index (Phi) is 4.18. The molecule has 6 nitrogen and oxygen atoms in total. The quantitative estimate of drug-likeness (QED) is 0.940. The summed E-state index contributed by atoms with van der Waals surface area (Å²) in [6, 6.07) is 8.88. The van der Waals surface area contributed by atoms with Crippen LogP contribution >= 0.6 is 0 Å². The molecule has 2 aromatic rings. The van der Waals surface area contributed by atoms with Crippen LogP contribution in [-0.4, -0.2) is 41.5 Å². The van der Waals surface area contributed by atoms with Gasteiger partial charge in [0.05, 0.1) is 11.9 Å². The Morgan fingerprint density at radius 1 is 1.22 bits per heavy atom. The van der Waals surface area contributed by atoms with Gasteiger partial charge in [0.25, 0.3) is 0 Å². The molecule has 2 heterocycles. The molecule has 0 atom stereocenters. The number of carbonyl (C=O) groups is 2. The van der Waals surface area contributed by atoms with Crippen LogP contribution in [0.5, 0.6) is 0 Å². The molecule has 118 valence electrons. The zero-order valence-corrected chi connectivity index (χ0v) is 12.3. The molecular formula is C16H15FN4O2. The SMILES string of the molecule is O=C(CN1CCN(c2ccc(F)cc2)C1=O)Nc1cccnc1. The highest BCUT2D eigenvalue weighted by atomic mass is 19.1. The Morgan fingerprint density at radius 3 is 2.70 bits per heavy atom. The molecule has 1 aliphatic rings. The first-order chi connectivity index (χ1) is 11.1. The Balaban J connectivity index is 1.61. The maximum Gasteiger partial charge on any atom is 0.325 e. The van der Waals surface area contributed by atoms with Crippen LogP contribution in [0.15, 0.2) is 48.8 Å². The topological polar surface area (TPSA) is 65.5 Å². The van der Waals surface area contributed by atoms with E-state index in [0.29, 0.717) is 24.5 Å². The van der Waals surface area contributed by atoms with Crippen molar-refractivity contribution in [2.75, 3.05) is 29.9 Å². The van der Waals surface area contributed by atoms with Gasteiger partial charge >= 0.3 is 6.03 Å². The Morgan fingerprint density at radius 2 is 2.00 bits per heavy atom. The van der Waals surface area contributed by atoms with Gasteiger partial charge in [0.1, 0.15) is 12.4 Å². The second-order valence-electron chi connectivity index (χ2n) is 5.12. The minimum absolute atomic E-state index is 0.0363. The Labute approximate surface area is 132 Å². The summed E-state index contributed by atoms with van der Waals surface area (Å²) in [4.78, 5) is 31.2. The summed E-state index contributed by atoms with van der Waals surface area (Å²) in [6.07, 6.45) is 3.15. The van der Waals surface area contributed by atoms with E-state index in [1.807, 2.05) is 0 Å². The zero-order valence-electron chi connectivity index (χ0n) is 12.3. The minimum Gasteiger partial charge on any atom is -0.323 e. The Bertz CT molecular complexity index is 706. The molecule has 7 heteroatoms. The maximum atomic E-state index is 13.0. The van der Waals surface area contributed by atoms with Crippen LogP contribution in [0, 0.1) is 5.82 Å². The van der Waals surface area contributed by atoms with E-state index in [2.05, 4.69) is 10.3 Å². The molecule has 1 aliphatic heterocycles. The molecule has 0 unspecified atom stereocenters. The van der Waals surface area contributed by atoms with Crippen LogP contribution in [0.3, 0.4) is 0 Å². The average Bonchev–Trinajstić information content (AvgIpc) is 2.90. The molecule has 1 aromatic carbocycles. The maximum absolute atomic E-state index is 13.0. The summed E-state index contributed by atoms with van der Waals surface area (Å²) in [5.74, 6) is -0.639. The van der Waals surface area contributed by atoms with Crippen molar-refractivity contribution in [2.45, 2.75) is 0 Å². The van der Waals surface area contributed by atoms with E-state index in [0.717, 1.165) is 0 Å². The first-order valence-electron chi connectivity index (χ1n) is 7.15. The normalized spacial score (nSPS) is 14.2. The first-order valence-corrected chi connectivity index (χ1v) is 7.15. The van der Waals surface area contributed by atoms with E-state index >= 15 is 0 Å². The minimum atomic E-state index is -0.354. The van der Waals surface area contributed by atoms with Crippen molar-refractivity contribution in [2.24, 2.45) is 0 Å². The van der Waals surface area contributed by atoms with Crippen molar-refractivity contribution >= 4 is 23.3 Å². The van der Waals surface area contributed by atoms with Gasteiger partial charge in [0.2, 0.25) is 5.91 Å². The molecule has 3 amide bonds. The zero-order chi connectivity index (χ0) is 16.2. The van der Waals surface area contributed by atoms with E-state index in [9.17, 15) is 14.0 Å². The number of pyridine rings is 1. The number of hydrogen-bond donors (Lipinski definition) is 1. The number of hydrogen-bond acceptors (Lipinski definition) is 3. The second-order valence-corrected chi connectivity index (χ2v) is 5.12. The first kappa shape index (κ1) is 15.0. The summed E-state index contributed by atoms with van der Waals surface area (Å²) >= 11 is 0. The summed E-state index contributed by atoms with van der Waals surface area (Å²) in [7, 11) is 0. The number of anilines is 2. The molecule has 0 saturated carbocycles. The number of urea groups is 1. The van der Waals surface area contributed by atoms with Crippen molar-refractivity contribution in [3.05, 3.63) is 54.6 Å². The number of aromatic nitrogens is 1. The number of carbonyl (C=O) groups excluding carboxylic acids is 2. The number of nitrogens with one attached hydrogen (secondary N) is 1. The fourth-order valence-electron chi connectivity index (χ4n) is 2.40. The summed E-state index contributed by atoms with van der Waals surface area (Å²) in [5, 5.41) is 2.69. The number of benzene rings is 1. The molecule has 1 fully saturated rings. The fraction of sp³-hybridized carbons (Fsp3) is 0.188. The predicted octanol–water partition coefficient (Wildman–Crippen LogP) is 2.10. The Hall–Kier alpha value is -2.96. The molecule has 3 rings (SSSR count). The number of rotatable bonds is 4. The van der Waals surface area contributed by atoms with Crippen LogP contribution in [0.25, 0.3) is 0 Å². The molecule has 1 saturated heterocycles. The third-order valence-corrected chi connectivity index (χ3v) is 3.51. The van der Waals surface area contributed by atoms with E-state index in [4.69, 9.17) is 0 Å². The van der Waals surface area contributed by atoms with Crippen LogP contribution in [0.4, 0.5) is 20.6 Å². The van der Waals surface area contributed by atoms with Crippen LogP contribution in [0.2, 0.25) is 0 Å². The van der Waals surface area contributed by atoms with Crippen molar-refractivity contribution < 1.29 is 14.0 Å².